The normalized spacial score (nSPS) is 14.5. The number of carbonyl (C=O) groups is 1. The lowest BCUT2D eigenvalue weighted by Crippen LogP contribution is -2.32. The number of amides is 1. The predicted octanol–water partition coefficient (Wildman–Crippen LogP) is 2.74. The molecule has 1 saturated heterocycles. The van der Waals surface area contributed by atoms with Crippen LogP contribution in [0.5, 0.6) is 0 Å². The number of imidazole rings is 1. The van der Waals surface area contributed by atoms with Gasteiger partial charge in [0.2, 0.25) is 5.91 Å². The number of rotatable bonds is 7. The van der Waals surface area contributed by atoms with Gasteiger partial charge in [0.25, 0.3) is 0 Å². The van der Waals surface area contributed by atoms with Crippen LogP contribution >= 0.6 is 0 Å². The highest BCUT2D eigenvalue weighted by Gasteiger charge is 2.14. The first-order valence-electron chi connectivity index (χ1n) is 10.4. The molecule has 0 spiro atoms. The Labute approximate surface area is 170 Å². The number of aromatic nitrogens is 2. The van der Waals surface area contributed by atoms with Gasteiger partial charge in [0.05, 0.1) is 11.0 Å². The molecule has 152 valence electrons. The van der Waals surface area contributed by atoms with Crippen molar-refractivity contribution in [3.63, 3.8) is 0 Å². The molecule has 1 N–H and O–H groups in total. The molecule has 2 aromatic carbocycles. The highest BCUT2D eigenvalue weighted by atomic mass is 16.2. The largest absolute Gasteiger partial charge is 0.350 e. The van der Waals surface area contributed by atoms with Crippen molar-refractivity contribution in [1.29, 1.82) is 0 Å². The van der Waals surface area contributed by atoms with E-state index >= 15 is 0 Å². The topological polar surface area (TPSA) is 59.3 Å². The van der Waals surface area contributed by atoms with Gasteiger partial charge in [-0.1, -0.05) is 36.4 Å². The van der Waals surface area contributed by atoms with E-state index in [2.05, 4.69) is 34.5 Å². The van der Waals surface area contributed by atoms with E-state index in [1.165, 1.54) is 31.5 Å². The third-order valence-corrected chi connectivity index (χ3v) is 5.66. The number of likely N-dealkylation sites (tertiary alicyclic amines) is 1. The minimum absolute atomic E-state index is 0.0272. The highest BCUT2D eigenvalue weighted by Crippen LogP contribution is 2.14. The molecular formula is C23H28N4O2. The minimum Gasteiger partial charge on any atom is -0.350 e. The van der Waals surface area contributed by atoms with Crippen LogP contribution in [0.4, 0.5) is 0 Å². The van der Waals surface area contributed by atoms with E-state index in [4.69, 9.17) is 0 Å². The summed E-state index contributed by atoms with van der Waals surface area (Å²) in [4.78, 5) is 27.6. The van der Waals surface area contributed by atoms with Crippen LogP contribution < -0.4 is 11.0 Å². The molecule has 0 atom stereocenters. The number of para-hydroxylation sites is 2. The monoisotopic (exact) mass is 392 g/mol. The number of hydrogen-bond donors (Lipinski definition) is 1. The van der Waals surface area contributed by atoms with E-state index < -0.39 is 0 Å². The maximum atomic E-state index is 12.7. The lowest BCUT2D eigenvalue weighted by atomic mass is 10.1. The Kier molecular flexibility index (Phi) is 5.81. The minimum atomic E-state index is -0.160. The van der Waals surface area contributed by atoms with Gasteiger partial charge in [0, 0.05) is 19.6 Å². The first-order valence-corrected chi connectivity index (χ1v) is 10.4. The van der Waals surface area contributed by atoms with Crippen molar-refractivity contribution in [2.24, 2.45) is 0 Å². The molecule has 0 radical (unpaired) electrons. The van der Waals surface area contributed by atoms with E-state index in [1.807, 2.05) is 31.2 Å². The fraction of sp³-hybridized carbons (Fsp3) is 0.391. The van der Waals surface area contributed by atoms with Gasteiger partial charge in [-0.3, -0.25) is 18.8 Å². The van der Waals surface area contributed by atoms with Gasteiger partial charge < -0.3 is 5.32 Å². The van der Waals surface area contributed by atoms with Crippen LogP contribution in [-0.2, 0) is 31.0 Å². The summed E-state index contributed by atoms with van der Waals surface area (Å²) in [6, 6.07) is 16.0. The van der Waals surface area contributed by atoms with Gasteiger partial charge in [0.15, 0.2) is 0 Å². The van der Waals surface area contributed by atoms with Gasteiger partial charge in [-0.25, -0.2) is 4.79 Å². The van der Waals surface area contributed by atoms with Crippen LogP contribution in [0.2, 0.25) is 0 Å². The van der Waals surface area contributed by atoms with Crippen LogP contribution in [0, 0.1) is 0 Å². The third kappa shape index (κ3) is 4.27. The Balaban J connectivity index is 1.37. The third-order valence-electron chi connectivity index (χ3n) is 5.66. The van der Waals surface area contributed by atoms with E-state index in [9.17, 15) is 9.59 Å². The van der Waals surface area contributed by atoms with E-state index in [0.717, 1.165) is 23.1 Å². The van der Waals surface area contributed by atoms with Crippen molar-refractivity contribution in [2.75, 3.05) is 13.1 Å². The summed E-state index contributed by atoms with van der Waals surface area (Å²) in [5.41, 5.74) is 3.88. The van der Waals surface area contributed by atoms with Crippen molar-refractivity contribution in [3.05, 3.63) is 70.1 Å². The number of hydrogen-bond acceptors (Lipinski definition) is 3. The SMILES string of the molecule is CCn1c(=O)n(CC(=O)NCc2ccc(CN3CCCC3)cc2)c2ccccc21. The number of aryl methyl sites for hydroxylation is 1. The van der Waals surface area contributed by atoms with E-state index in [1.54, 1.807) is 9.13 Å². The molecule has 0 unspecified atom stereocenters. The summed E-state index contributed by atoms with van der Waals surface area (Å²) in [5, 5.41) is 2.94. The molecule has 0 saturated carbocycles. The fourth-order valence-electron chi connectivity index (χ4n) is 4.09. The Morgan fingerprint density at radius 3 is 2.21 bits per heavy atom. The maximum Gasteiger partial charge on any atom is 0.329 e. The van der Waals surface area contributed by atoms with Crippen LogP contribution in [0.3, 0.4) is 0 Å². The second kappa shape index (κ2) is 8.66. The van der Waals surface area contributed by atoms with E-state index in [0.29, 0.717) is 13.1 Å². The lowest BCUT2D eigenvalue weighted by molar-refractivity contribution is -0.121. The zero-order chi connectivity index (χ0) is 20.2. The summed E-state index contributed by atoms with van der Waals surface area (Å²) < 4.78 is 3.25. The van der Waals surface area contributed by atoms with Crippen molar-refractivity contribution < 1.29 is 4.79 Å². The quantitative estimate of drug-likeness (QED) is 0.673. The molecule has 4 rings (SSSR count). The molecular weight excluding hydrogens is 364 g/mol. The molecule has 0 aliphatic carbocycles. The first kappa shape index (κ1) is 19.5. The molecule has 3 aromatic rings. The van der Waals surface area contributed by atoms with Crippen molar-refractivity contribution >= 4 is 16.9 Å². The number of carbonyl (C=O) groups excluding carboxylic acids is 1. The van der Waals surface area contributed by atoms with Gasteiger partial charge in [-0.2, -0.15) is 0 Å². The zero-order valence-corrected chi connectivity index (χ0v) is 16.9. The van der Waals surface area contributed by atoms with Crippen molar-refractivity contribution in [2.45, 2.75) is 45.9 Å². The molecule has 1 aliphatic heterocycles. The number of nitrogens with one attached hydrogen (secondary N) is 1. The van der Waals surface area contributed by atoms with Crippen LogP contribution in [0.1, 0.15) is 30.9 Å². The average Bonchev–Trinajstić information content (AvgIpc) is 3.34. The zero-order valence-electron chi connectivity index (χ0n) is 16.9. The molecule has 29 heavy (non-hydrogen) atoms. The van der Waals surface area contributed by atoms with Crippen molar-refractivity contribution in [1.82, 2.24) is 19.4 Å². The Morgan fingerprint density at radius 2 is 1.55 bits per heavy atom. The van der Waals surface area contributed by atoms with Crippen LogP contribution in [-0.4, -0.2) is 33.0 Å². The predicted molar refractivity (Wildman–Crippen MR) is 115 cm³/mol. The number of fused-ring (bicyclic) bond motifs is 1. The fourth-order valence-corrected chi connectivity index (χ4v) is 4.09. The van der Waals surface area contributed by atoms with Gasteiger partial charge >= 0.3 is 5.69 Å². The molecule has 1 fully saturated rings. The standard InChI is InChI=1S/C23H28N4O2/c1-2-26-20-7-3-4-8-21(20)27(23(26)29)17-22(28)24-15-18-9-11-19(12-10-18)16-25-13-5-6-14-25/h3-4,7-12H,2,5-6,13-17H2,1H3,(H,24,28). The summed E-state index contributed by atoms with van der Waals surface area (Å²) in [5.74, 6) is -0.160. The van der Waals surface area contributed by atoms with Gasteiger partial charge in [-0.15, -0.1) is 0 Å². The maximum absolute atomic E-state index is 12.7. The smallest absolute Gasteiger partial charge is 0.329 e. The Bertz CT molecular complexity index is 1040. The summed E-state index contributed by atoms with van der Waals surface area (Å²) in [7, 11) is 0. The molecule has 6 nitrogen and oxygen atoms in total. The second-order valence-corrected chi connectivity index (χ2v) is 7.68. The van der Waals surface area contributed by atoms with Gasteiger partial charge in [0.1, 0.15) is 6.54 Å². The van der Waals surface area contributed by atoms with Crippen LogP contribution in [0.25, 0.3) is 11.0 Å². The molecule has 1 amide bonds. The molecule has 0 bridgehead atoms. The second-order valence-electron chi connectivity index (χ2n) is 7.68. The Hall–Kier alpha value is -2.86. The number of nitrogens with zero attached hydrogens (tertiary/aromatic N) is 3. The van der Waals surface area contributed by atoms with Crippen LogP contribution in [0.15, 0.2) is 53.3 Å². The first-order chi connectivity index (χ1) is 14.2. The average molecular weight is 393 g/mol. The molecule has 1 aromatic heterocycles. The number of benzene rings is 2. The van der Waals surface area contributed by atoms with E-state index in [-0.39, 0.29) is 18.1 Å². The lowest BCUT2D eigenvalue weighted by Gasteiger charge is -2.14. The highest BCUT2D eigenvalue weighted by molar-refractivity contribution is 5.80. The Morgan fingerprint density at radius 1 is 0.931 bits per heavy atom. The molecule has 1 aliphatic rings. The summed E-state index contributed by atoms with van der Waals surface area (Å²) in [6.07, 6.45) is 2.59. The summed E-state index contributed by atoms with van der Waals surface area (Å²) in [6.45, 7) is 6.38. The van der Waals surface area contributed by atoms with Gasteiger partial charge in [-0.05, 0) is 56.1 Å². The summed E-state index contributed by atoms with van der Waals surface area (Å²) >= 11 is 0. The molecule has 6 heteroatoms. The molecule has 2 heterocycles. The van der Waals surface area contributed by atoms with Crippen molar-refractivity contribution in [3.8, 4) is 0 Å².